The predicted octanol–water partition coefficient (Wildman–Crippen LogP) is 4.35. The largest absolute Gasteiger partial charge is 0.445 e. The lowest BCUT2D eigenvalue weighted by atomic mass is 9.95. The molecule has 2 bridgehead atoms. The molecule has 2 aliphatic rings. The van der Waals surface area contributed by atoms with Crippen LogP contribution in [0.1, 0.15) is 36.1 Å². The lowest BCUT2D eigenvalue weighted by Crippen LogP contribution is -2.43. The van der Waals surface area contributed by atoms with Gasteiger partial charge in [0.05, 0.1) is 6.04 Å². The molecule has 2 aliphatic heterocycles. The van der Waals surface area contributed by atoms with Crippen molar-refractivity contribution in [3.8, 4) is 0 Å². The van der Waals surface area contributed by atoms with Crippen LogP contribution in [0.4, 0.5) is 4.79 Å². The van der Waals surface area contributed by atoms with Crippen LogP contribution in [0.5, 0.6) is 0 Å². The average molecular weight is 334 g/mol. The van der Waals surface area contributed by atoms with Gasteiger partial charge in [0.1, 0.15) is 6.61 Å². The summed E-state index contributed by atoms with van der Waals surface area (Å²) in [6.07, 6.45) is 6.84. The van der Waals surface area contributed by atoms with Crippen LogP contribution < -0.4 is 0 Å². The van der Waals surface area contributed by atoms with E-state index in [1.54, 1.807) is 0 Å². The standard InChI is InChI=1S/C21H22N2O2/c1-15-11-17(9-10-22-15)18-12-19-7-8-20(13-18)23(19)21(24)25-14-16-5-3-2-4-6-16/h2-6,9-12,19-20H,7-8,13-14H2,1H3. The number of nitrogens with zero attached hydrogens (tertiary/aromatic N) is 2. The summed E-state index contributed by atoms with van der Waals surface area (Å²) in [7, 11) is 0. The summed E-state index contributed by atoms with van der Waals surface area (Å²) in [5, 5.41) is 0. The molecule has 1 aromatic carbocycles. The van der Waals surface area contributed by atoms with E-state index >= 15 is 0 Å². The Morgan fingerprint density at radius 1 is 1.24 bits per heavy atom. The zero-order valence-electron chi connectivity index (χ0n) is 14.4. The second-order valence-corrected chi connectivity index (χ2v) is 6.83. The Morgan fingerprint density at radius 3 is 2.84 bits per heavy atom. The topological polar surface area (TPSA) is 42.4 Å². The van der Waals surface area contributed by atoms with E-state index in [4.69, 9.17) is 4.74 Å². The summed E-state index contributed by atoms with van der Waals surface area (Å²) in [5.74, 6) is 0. The van der Waals surface area contributed by atoms with E-state index in [2.05, 4.69) is 23.2 Å². The van der Waals surface area contributed by atoms with Crippen LogP contribution in [-0.4, -0.2) is 28.1 Å². The number of hydrogen-bond acceptors (Lipinski definition) is 3. The van der Waals surface area contributed by atoms with Crippen molar-refractivity contribution in [3.05, 3.63) is 71.6 Å². The molecule has 1 fully saturated rings. The van der Waals surface area contributed by atoms with E-state index in [0.29, 0.717) is 6.61 Å². The molecule has 1 aromatic heterocycles. The minimum absolute atomic E-state index is 0.144. The van der Waals surface area contributed by atoms with Gasteiger partial charge in [-0.1, -0.05) is 36.4 Å². The lowest BCUT2D eigenvalue weighted by Gasteiger charge is -2.33. The van der Waals surface area contributed by atoms with Gasteiger partial charge in [0.25, 0.3) is 0 Å². The molecule has 0 spiro atoms. The maximum Gasteiger partial charge on any atom is 0.410 e. The van der Waals surface area contributed by atoms with Crippen LogP contribution in [0.15, 0.2) is 54.7 Å². The van der Waals surface area contributed by atoms with Gasteiger partial charge in [-0.25, -0.2) is 4.79 Å². The van der Waals surface area contributed by atoms with Crippen LogP contribution in [0.25, 0.3) is 5.57 Å². The third-order valence-electron chi connectivity index (χ3n) is 5.08. The zero-order valence-corrected chi connectivity index (χ0v) is 14.4. The highest BCUT2D eigenvalue weighted by Gasteiger charge is 2.40. The minimum Gasteiger partial charge on any atom is -0.445 e. The van der Waals surface area contributed by atoms with Gasteiger partial charge in [0.2, 0.25) is 0 Å². The predicted molar refractivity (Wildman–Crippen MR) is 96.8 cm³/mol. The molecule has 2 aromatic rings. The number of fused-ring (bicyclic) bond motifs is 2. The second kappa shape index (κ2) is 6.71. The summed E-state index contributed by atoms with van der Waals surface area (Å²) in [6, 6.07) is 14.4. The average Bonchev–Trinajstić information content (AvgIpc) is 2.90. The van der Waals surface area contributed by atoms with Crippen molar-refractivity contribution in [1.82, 2.24) is 9.88 Å². The fourth-order valence-corrected chi connectivity index (χ4v) is 3.87. The first-order valence-electron chi connectivity index (χ1n) is 8.83. The summed E-state index contributed by atoms with van der Waals surface area (Å²) in [6.45, 7) is 2.34. The summed E-state index contributed by atoms with van der Waals surface area (Å²) in [4.78, 5) is 18.8. The summed E-state index contributed by atoms with van der Waals surface area (Å²) >= 11 is 0. The van der Waals surface area contributed by atoms with Gasteiger partial charge in [0.15, 0.2) is 0 Å². The van der Waals surface area contributed by atoms with Gasteiger partial charge in [-0.3, -0.25) is 9.88 Å². The number of rotatable bonds is 3. The zero-order chi connectivity index (χ0) is 17.2. The molecule has 4 nitrogen and oxygen atoms in total. The van der Waals surface area contributed by atoms with Crippen LogP contribution >= 0.6 is 0 Å². The number of carbonyl (C=O) groups is 1. The Bertz CT molecular complexity index is 801. The number of aryl methyl sites for hydroxylation is 1. The molecule has 0 N–H and O–H groups in total. The van der Waals surface area contributed by atoms with Gasteiger partial charge in [-0.15, -0.1) is 0 Å². The molecule has 3 heterocycles. The highest BCUT2D eigenvalue weighted by molar-refractivity contribution is 5.75. The lowest BCUT2D eigenvalue weighted by molar-refractivity contribution is 0.0832. The molecule has 0 aliphatic carbocycles. The maximum atomic E-state index is 12.6. The molecule has 0 saturated carbocycles. The van der Waals surface area contributed by atoms with E-state index in [1.165, 1.54) is 11.1 Å². The second-order valence-electron chi connectivity index (χ2n) is 6.83. The van der Waals surface area contributed by atoms with Gasteiger partial charge in [-0.2, -0.15) is 0 Å². The molecule has 2 atom stereocenters. The van der Waals surface area contributed by atoms with Crippen molar-refractivity contribution >= 4 is 11.7 Å². The third-order valence-corrected chi connectivity index (χ3v) is 5.08. The molecule has 1 amide bonds. The number of aromatic nitrogens is 1. The van der Waals surface area contributed by atoms with Gasteiger partial charge < -0.3 is 4.74 Å². The van der Waals surface area contributed by atoms with Crippen LogP contribution in [-0.2, 0) is 11.3 Å². The Morgan fingerprint density at radius 2 is 2.08 bits per heavy atom. The molecule has 0 radical (unpaired) electrons. The maximum absolute atomic E-state index is 12.6. The first-order chi connectivity index (χ1) is 12.2. The van der Waals surface area contributed by atoms with Crippen molar-refractivity contribution in [2.24, 2.45) is 0 Å². The number of benzene rings is 1. The molecule has 128 valence electrons. The third kappa shape index (κ3) is 3.29. The number of ether oxygens (including phenoxy) is 1. The van der Waals surface area contributed by atoms with E-state index in [0.717, 1.165) is 30.5 Å². The molecule has 4 rings (SSSR count). The molecular weight excluding hydrogens is 312 g/mol. The highest BCUT2D eigenvalue weighted by atomic mass is 16.6. The first kappa shape index (κ1) is 15.9. The van der Waals surface area contributed by atoms with Crippen molar-refractivity contribution in [2.75, 3.05) is 0 Å². The molecular formula is C21H22N2O2. The van der Waals surface area contributed by atoms with Crippen molar-refractivity contribution < 1.29 is 9.53 Å². The van der Waals surface area contributed by atoms with Crippen LogP contribution in [0.3, 0.4) is 0 Å². The van der Waals surface area contributed by atoms with Gasteiger partial charge in [-0.05, 0) is 55.0 Å². The Balaban J connectivity index is 1.47. The van der Waals surface area contributed by atoms with Gasteiger partial charge >= 0.3 is 6.09 Å². The summed E-state index contributed by atoms with van der Waals surface area (Å²) < 4.78 is 5.56. The molecule has 4 heteroatoms. The molecule has 2 unspecified atom stereocenters. The quantitative estimate of drug-likeness (QED) is 0.838. The van der Waals surface area contributed by atoms with E-state index in [1.807, 2.05) is 48.4 Å². The first-order valence-corrected chi connectivity index (χ1v) is 8.83. The number of carbonyl (C=O) groups excluding carboxylic acids is 1. The van der Waals surface area contributed by atoms with Crippen LogP contribution in [0, 0.1) is 6.92 Å². The summed E-state index contributed by atoms with van der Waals surface area (Å²) in [5.41, 5.74) is 4.59. The van der Waals surface area contributed by atoms with E-state index < -0.39 is 0 Å². The van der Waals surface area contributed by atoms with Crippen molar-refractivity contribution in [2.45, 2.75) is 44.9 Å². The highest BCUT2D eigenvalue weighted by Crippen LogP contribution is 2.39. The Labute approximate surface area is 148 Å². The van der Waals surface area contributed by atoms with Crippen molar-refractivity contribution in [3.63, 3.8) is 0 Å². The number of pyridine rings is 1. The van der Waals surface area contributed by atoms with E-state index in [-0.39, 0.29) is 18.2 Å². The smallest absolute Gasteiger partial charge is 0.410 e. The minimum atomic E-state index is -0.197. The fourth-order valence-electron chi connectivity index (χ4n) is 3.87. The molecule has 1 saturated heterocycles. The van der Waals surface area contributed by atoms with E-state index in [9.17, 15) is 4.79 Å². The Kier molecular flexibility index (Phi) is 4.26. The van der Waals surface area contributed by atoms with Gasteiger partial charge in [0, 0.05) is 17.9 Å². The fraction of sp³-hybridized carbons (Fsp3) is 0.333. The normalized spacial score (nSPS) is 21.8. The Hall–Kier alpha value is -2.62. The van der Waals surface area contributed by atoms with Crippen molar-refractivity contribution in [1.29, 1.82) is 0 Å². The number of amides is 1. The number of hydrogen-bond donors (Lipinski definition) is 0. The molecule has 25 heavy (non-hydrogen) atoms. The van der Waals surface area contributed by atoms with Crippen LogP contribution in [0.2, 0.25) is 0 Å². The monoisotopic (exact) mass is 334 g/mol. The SMILES string of the molecule is Cc1cc(C2=CC3CCC(C2)N3C(=O)OCc2ccccc2)ccn1.